The Morgan fingerprint density at radius 3 is 2.63 bits per heavy atom. The topological polar surface area (TPSA) is 117 Å². The van der Waals surface area contributed by atoms with E-state index in [4.69, 9.17) is 0 Å². The number of aryl methyl sites for hydroxylation is 4. The predicted molar refractivity (Wildman–Crippen MR) is 97.1 cm³/mol. The summed E-state index contributed by atoms with van der Waals surface area (Å²) in [5, 5.41) is 23.3. The third-order valence-corrected chi connectivity index (χ3v) is 4.37. The Balaban J connectivity index is 1.94. The molecular weight excluding hydrogens is 348 g/mol. The van der Waals surface area contributed by atoms with Crippen molar-refractivity contribution in [2.75, 3.05) is 0 Å². The maximum Gasteiger partial charge on any atom is 0.354 e. The van der Waals surface area contributed by atoms with E-state index in [0.717, 1.165) is 11.4 Å². The molecule has 0 aromatic carbocycles. The van der Waals surface area contributed by atoms with Crippen molar-refractivity contribution in [2.45, 2.75) is 20.4 Å². The fourth-order valence-corrected chi connectivity index (χ4v) is 3.09. The SMILES string of the molecule is CCn1nc(C)cc1-c1nc(-c2nc(C(=O)O)cc3c2cnn3C)n(C)n1. The van der Waals surface area contributed by atoms with Gasteiger partial charge in [0.05, 0.1) is 17.4 Å². The Bertz CT molecular complexity index is 1180. The molecule has 0 saturated carbocycles. The van der Waals surface area contributed by atoms with Crippen molar-refractivity contribution in [3.63, 3.8) is 0 Å². The zero-order chi connectivity index (χ0) is 19.3. The van der Waals surface area contributed by atoms with Gasteiger partial charge in [-0.05, 0) is 26.0 Å². The first-order chi connectivity index (χ1) is 12.9. The normalized spacial score (nSPS) is 11.4. The molecule has 0 aliphatic carbocycles. The molecule has 4 rings (SSSR count). The minimum atomic E-state index is -1.11. The van der Waals surface area contributed by atoms with E-state index >= 15 is 0 Å². The number of aromatic carboxylic acids is 1. The van der Waals surface area contributed by atoms with Crippen LogP contribution in [0, 0.1) is 6.92 Å². The molecule has 0 radical (unpaired) electrons. The molecule has 138 valence electrons. The first kappa shape index (κ1) is 16.9. The molecular formula is C17H18N8O2. The van der Waals surface area contributed by atoms with E-state index < -0.39 is 5.97 Å². The third kappa shape index (κ3) is 2.65. The Kier molecular flexibility index (Phi) is 3.76. The molecule has 27 heavy (non-hydrogen) atoms. The van der Waals surface area contributed by atoms with E-state index in [-0.39, 0.29) is 5.69 Å². The Morgan fingerprint density at radius 2 is 1.93 bits per heavy atom. The second-order valence-electron chi connectivity index (χ2n) is 6.23. The number of pyridine rings is 1. The lowest BCUT2D eigenvalue weighted by Crippen LogP contribution is -2.05. The molecule has 0 saturated heterocycles. The maximum absolute atomic E-state index is 11.5. The summed E-state index contributed by atoms with van der Waals surface area (Å²) in [5.41, 5.74) is 2.70. The van der Waals surface area contributed by atoms with Crippen LogP contribution in [-0.4, -0.2) is 50.4 Å². The summed E-state index contributed by atoms with van der Waals surface area (Å²) < 4.78 is 5.03. The summed E-state index contributed by atoms with van der Waals surface area (Å²) in [4.78, 5) is 20.4. The van der Waals surface area contributed by atoms with E-state index in [2.05, 4.69) is 25.3 Å². The van der Waals surface area contributed by atoms with Gasteiger partial charge in [-0.25, -0.2) is 19.4 Å². The lowest BCUT2D eigenvalue weighted by Gasteiger charge is -2.04. The molecule has 10 nitrogen and oxygen atoms in total. The zero-order valence-corrected chi connectivity index (χ0v) is 15.4. The van der Waals surface area contributed by atoms with Gasteiger partial charge in [0, 0.05) is 26.0 Å². The number of carbonyl (C=O) groups is 1. The van der Waals surface area contributed by atoms with Crippen LogP contribution in [0.4, 0.5) is 0 Å². The van der Waals surface area contributed by atoms with Crippen molar-refractivity contribution in [3.05, 3.63) is 29.7 Å². The molecule has 0 unspecified atom stereocenters. The summed E-state index contributed by atoms with van der Waals surface area (Å²) in [7, 11) is 3.51. The molecule has 0 bridgehead atoms. The highest BCUT2D eigenvalue weighted by atomic mass is 16.4. The number of carboxylic acid groups (broad SMARTS) is 1. The smallest absolute Gasteiger partial charge is 0.354 e. The van der Waals surface area contributed by atoms with Crippen LogP contribution in [0.2, 0.25) is 0 Å². The van der Waals surface area contributed by atoms with E-state index in [1.165, 1.54) is 6.07 Å². The van der Waals surface area contributed by atoms with Crippen molar-refractivity contribution in [3.8, 4) is 23.0 Å². The second kappa shape index (κ2) is 6.01. The van der Waals surface area contributed by atoms with Crippen LogP contribution in [-0.2, 0) is 20.6 Å². The van der Waals surface area contributed by atoms with Gasteiger partial charge in [0.1, 0.15) is 11.4 Å². The summed E-state index contributed by atoms with van der Waals surface area (Å²) in [6.45, 7) is 4.60. The van der Waals surface area contributed by atoms with Crippen molar-refractivity contribution in [1.82, 2.24) is 39.3 Å². The lowest BCUT2D eigenvalue weighted by atomic mass is 10.2. The molecule has 4 aromatic rings. The molecule has 0 aliphatic rings. The van der Waals surface area contributed by atoms with Gasteiger partial charge in [0.2, 0.25) is 0 Å². The minimum absolute atomic E-state index is 0.0694. The summed E-state index contributed by atoms with van der Waals surface area (Å²) in [5.74, 6) is -0.136. The Labute approximate surface area is 154 Å². The molecule has 10 heteroatoms. The molecule has 0 amide bonds. The van der Waals surface area contributed by atoms with Crippen molar-refractivity contribution >= 4 is 16.9 Å². The van der Waals surface area contributed by atoms with Gasteiger partial charge in [-0.1, -0.05) is 0 Å². The molecule has 0 spiro atoms. The molecule has 1 N–H and O–H groups in total. The maximum atomic E-state index is 11.5. The number of carboxylic acids is 1. The van der Waals surface area contributed by atoms with Gasteiger partial charge in [-0.15, -0.1) is 5.10 Å². The number of aromatic nitrogens is 8. The first-order valence-corrected chi connectivity index (χ1v) is 8.41. The van der Waals surface area contributed by atoms with Gasteiger partial charge in [0.25, 0.3) is 0 Å². The number of nitrogens with zero attached hydrogens (tertiary/aromatic N) is 8. The highest BCUT2D eigenvalue weighted by molar-refractivity contribution is 5.97. The minimum Gasteiger partial charge on any atom is -0.477 e. The summed E-state index contributed by atoms with van der Waals surface area (Å²) in [6.07, 6.45) is 1.65. The summed E-state index contributed by atoms with van der Waals surface area (Å²) >= 11 is 0. The highest BCUT2D eigenvalue weighted by Gasteiger charge is 2.21. The van der Waals surface area contributed by atoms with Gasteiger partial charge in [-0.2, -0.15) is 10.2 Å². The lowest BCUT2D eigenvalue weighted by molar-refractivity contribution is 0.0691. The number of fused-ring (bicyclic) bond motifs is 1. The van der Waals surface area contributed by atoms with Crippen molar-refractivity contribution in [1.29, 1.82) is 0 Å². The largest absolute Gasteiger partial charge is 0.477 e. The zero-order valence-electron chi connectivity index (χ0n) is 15.4. The molecule has 0 atom stereocenters. The van der Waals surface area contributed by atoms with Gasteiger partial charge < -0.3 is 5.11 Å². The quantitative estimate of drug-likeness (QED) is 0.583. The van der Waals surface area contributed by atoms with Crippen LogP contribution in [0.25, 0.3) is 33.9 Å². The van der Waals surface area contributed by atoms with Gasteiger partial charge in [-0.3, -0.25) is 9.36 Å². The standard InChI is InChI=1S/C17H18N8O2/c1-5-25-13(6-9(2)21-25)15-20-16(24(4)22-15)14-10-8-18-23(3)12(10)7-11(19-14)17(26)27/h6-8H,5H2,1-4H3,(H,26,27). The summed E-state index contributed by atoms with van der Waals surface area (Å²) in [6, 6.07) is 3.42. The van der Waals surface area contributed by atoms with Gasteiger partial charge >= 0.3 is 5.97 Å². The number of hydrogen-bond donors (Lipinski definition) is 1. The average Bonchev–Trinajstić information content (AvgIpc) is 3.31. The van der Waals surface area contributed by atoms with Crippen LogP contribution < -0.4 is 0 Å². The van der Waals surface area contributed by atoms with Crippen LogP contribution in [0.1, 0.15) is 23.1 Å². The predicted octanol–water partition coefficient (Wildman–Crippen LogP) is 1.65. The molecule has 4 aromatic heterocycles. The third-order valence-electron chi connectivity index (χ3n) is 4.37. The van der Waals surface area contributed by atoms with Crippen LogP contribution in [0.3, 0.4) is 0 Å². The fourth-order valence-electron chi connectivity index (χ4n) is 3.09. The van der Waals surface area contributed by atoms with E-state index in [9.17, 15) is 9.90 Å². The van der Waals surface area contributed by atoms with E-state index in [0.29, 0.717) is 34.8 Å². The number of hydrogen-bond acceptors (Lipinski definition) is 6. The Hall–Kier alpha value is -3.56. The van der Waals surface area contributed by atoms with E-state index in [1.54, 1.807) is 29.7 Å². The number of rotatable bonds is 4. The first-order valence-electron chi connectivity index (χ1n) is 8.41. The fraction of sp³-hybridized carbons (Fsp3) is 0.294. The molecule has 0 aliphatic heterocycles. The van der Waals surface area contributed by atoms with Crippen LogP contribution in [0.5, 0.6) is 0 Å². The van der Waals surface area contributed by atoms with Gasteiger partial charge in [0.15, 0.2) is 17.3 Å². The Morgan fingerprint density at radius 1 is 1.15 bits per heavy atom. The van der Waals surface area contributed by atoms with Crippen molar-refractivity contribution in [2.24, 2.45) is 14.1 Å². The molecule has 4 heterocycles. The van der Waals surface area contributed by atoms with Crippen molar-refractivity contribution < 1.29 is 9.90 Å². The highest BCUT2D eigenvalue weighted by Crippen LogP contribution is 2.28. The van der Waals surface area contributed by atoms with Crippen LogP contribution in [0.15, 0.2) is 18.3 Å². The second-order valence-corrected chi connectivity index (χ2v) is 6.23. The van der Waals surface area contributed by atoms with E-state index in [1.807, 2.05) is 24.6 Å². The molecule has 0 fully saturated rings. The monoisotopic (exact) mass is 366 g/mol. The average molecular weight is 366 g/mol. The van der Waals surface area contributed by atoms with Crippen LogP contribution >= 0.6 is 0 Å².